The highest BCUT2D eigenvalue weighted by molar-refractivity contribution is 9.10. The molecule has 1 aromatic carbocycles. The SMILES string of the molecule is COC(=O)/C=C/CCC(CO)c1ccc(Br)cc1. The smallest absolute Gasteiger partial charge is 0.330 e. The van der Waals surface area contributed by atoms with Gasteiger partial charge in [0, 0.05) is 23.1 Å². The number of rotatable bonds is 6. The fourth-order valence-electron chi connectivity index (χ4n) is 1.64. The van der Waals surface area contributed by atoms with Gasteiger partial charge in [0.05, 0.1) is 7.11 Å². The van der Waals surface area contributed by atoms with Crippen molar-refractivity contribution in [1.82, 2.24) is 0 Å². The second-order valence-electron chi connectivity index (χ2n) is 3.93. The molecule has 0 aliphatic heterocycles. The minimum atomic E-state index is -0.348. The summed E-state index contributed by atoms with van der Waals surface area (Å²) in [5.74, 6) is -0.250. The lowest BCUT2D eigenvalue weighted by atomic mass is 9.95. The lowest BCUT2D eigenvalue weighted by Gasteiger charge is -2.13. The first-order valence-electron chi connectivity index (χ1n) is 5.78. The molecule has 1 rings (SSSR count). The maximum Gasteiger partial charge on any atom is 0.330 e. The normalized spacial score (nSPS) is 12.6. The molecule has 3 nitrogen and oxygen atoms in total. The third-order valence-corrected chi connectivity index (χ3v) is 3.23. The van der Waals surface area contributed by atoms with Gasteiger partial charge in [0.15, 0.2) is 0 Å². The highest BCUT2D eigenvalue weighted by Gasteiger charge is 2.09. The summed E-state index contributed by atoms with van der Waals surface area (Å²) < 4.78 is 5.52. The molecule has 0 heterocycles. The van der Waals surface area contributed by atoms with E-state index >= 15 is 0 Å². The second kappa shape index (κ2) is 8.06. The van der Waals surface area contributed by atoms with E-state index < -0.39 is 0 Å². The van der Waals surface area contributed by atoms with Crippen molar-refractivity contribution in [1.29, 1.82) is 0 Å². The van der Waals surface area contributed by atoms with E-state index in [1.54, 1.807) is 6.08 Å². The predicted molar refractivity (Wildman–Crippen MR) is 74.4 cm³/mol. The number of methoxy groups -OCH3 is 1. The molecule has 0 aromatic heterocycles. The van der Waals surface area contributed by atoms with Crippen LogP contribution in [0.4, 0.5) is 0 Å². The molecular formula is C14H17BrO3. The van der Waals surface area contributed by atoms with Gasteiger partial charge in [0.2, 0.25) is 0 Å². The number of esters is 1. The van der Waals surface area contributed by atoms with E-state index in [9.17, 15) is 9.90 Å². The van der Waals surface area contributed by atoms with Gasteiger partial charge < -0.3 is 9.84 Å². The summed E-state index contributed by atoms with van der Waals surface area (Å²) >= 11 is 3.38. The summed E-state index contributed by atoms with van der Waals surface area (Å²) in [7, 11) is 1.35. The van der Waals surface area contributed by atoms with E-state index in [4.69, 9.17) is 0 Å². The second-order valence-corrected chi connectivity index (χ2v) is 4.85. The number of carbonyl (C=O) groups is 1. The Morgan fingerprint density at radius 2 is 2.11 bits per heavy atom. The number of ether oxygens (including phenoxy) is 1. The monoisotopic (exact) mass is 312 g/mol. The lowest BCUT2D eigenvalue weighted by Crippen LogP contribution is -2.03. The fraction of sp³-hybridized carbons (Fsp3) is 0.357. The van der Waals surface area contributed by atoms with Crippen LogP contribution in [0, 0.1) is 0 Å². The maximum absolute atomic E-state index is 10.9. The van der Waals surface area contributed by atoms with Gasteiger partial charge >= 0.3 is 5.97 Å². The summed E-state index contributed by atoms with van der Waals surface area (Å²) in [6, 6.07) is 7.91. The van der Waals surface area contributed by atoms with Crippen molar-refractivity contribution < 1.29 is 14.6 Å². The van der Waals surface area contributed by atoms with E-state index in [2.05, 4.69) is 20.7 Å². The van der Waals surface area contributed by atoms with Crippen molar-refractivity contribution in [3.8, 4) is 0 Å². The molecule has 4 heteroatoms. The molecule has 0 bridgehead atoms. The number of aliphatic hydroxyl groups excluding tert-OH is 1. The Kier molecular flexibility index (Phi) is 6.68. The van der Waals surface area contributed by atoms with Crippen LogP contribution in [0.1, 0.15) is 24.3 Å². The molecule has 98 valence electrons. The summed E-state index contributed by atoms with van der Waals surface area (Å²) in [6.45, 7) is 0.105. The largest absolute Gasteiger partial charge is 0.466 e. The highest BCUT2D eigenvalue weighted by Crippen LogP contribution is 2.22. The Bertz CT molecular complexity index is 398. The fourth-order valence-corrected chi connectivity index (χ4v) is 1.91. The lowest BCUT2D eigenvalue weighted by molar-refractivity contribution is -0.134. The first-order chi connectivity index (χ1) is 8.67. The topological polar surface area (TPSA) is 46.5 Å². The Balaban J connectivity index is 2.50. The average Bonchev–Trinajstić information content (AvgIpc) is 2.40. The van der Waals surface area contributed by atoms with Crippen molar-refractivity contribution >= 4 is 21.9 Å². The van der Waals surface area contributed by atoms with Crippen LogP contribution in [0.25, 0.3) is 0 Å². The van der Waals surface area contributed by atoms with E-state index in [1.807, 2.05) is 24.3 Å². The molecular weight excluding hydrogens is 296 g/mol. The Morgan fingerprint density at radius 3 is 2.67 bits per heavy atom. The summed E-state index contributed by atoms with van der Waals surface area (Å²) in [6.07, 6.45) is 4.71. The van der Waals surface area contributed by atoms with Crippen molar-refractivity contribution in [2.45, 2.75) is 18.8 Å². The van der Waals surface area contributed by atoms with Gasteiger partial charge in [0.1, 0.15) is 0 Å². The van der Waals surface area contributed by atoms with Gasteiger partial charge in [-0.3, -0.25) is 0 Å². The Morgan fingerprint density at radius 1 is 1.44 bits per heavy atom. The molecule has 0 amide bonds. The minimum absolute atomic E-state index is 0.0976. The minimum Gasteiger partial charge on any atom is -0.466 e. The third-order valence-electron chi connectivity index (χ3n) is 2.70. The summed E-state index contributed by atoms with van der Waals surface area (Å²) in [4.78, 5) is 10.9. The zero-order valence-electron chi connectivity index (χ0n) is 10.3. The van der Waals surface area contributed by atoms with Crippen LogP contribution in [-0.2, 0) is 9.53 Å². The zero-order chi connectivity index (χ0) is 13.4. The number of allylic oxidation sites excluding steroid dienone is 1. The Labute approximate surface area is 116 Å². The van der Waals surface area contributed by atoms with E-state index in [0.717, 1.165) is 22.9 Å². The van der Waals surface area contributed by atoms with Gasteiger partial charge in [-0.1, -0.05) is 34.1 Å². The summed E-state index contributed by atoms with van der Waals surface area (Å²) in [5, 5.41) is 9.38. The number of hydrogen-bond acceptors (Lipinski definition) is 3. The number of benzene rings is 1. The van der Waals surface area contributed by atoms with E-state index in [1.165, 1.54) is 13.2 Å². The molecule has 0 aliphatic carbocycles. The number of halogens is 1. The van der Waals surface area contributed by atoms with Crippen LogP contribution in [0.2, 0.25) is 0 Å². The standard InChI is InChI=1S/C14H17BrO3/c1-18-14(17)5-3-2-4-12(10-16)11-6-8-13(15)9-7-11/h3,5-9,12,16H,2,4,10H2,1H3/b5-3+. The van der Waals surface area contributed by atoms with Crippen LogP contribution in [0.3, 0.4) is 0 Å². The number of aliphatic hydroxyl groups is 1. The van der Waals surface area contributed by atoms with E-state index in [-0.39, 0.29) is 18.5 Å². The highest BCUT2D eigenvalue weighted by atomic mass is 79.9. The predicted octanol–water partition coefficient (Wildman–Crippen LogP) is 3.03. The molecule has 1 N–H and O–H groups in total. The molecule has 1 aromatic rings. The van der Waals surface area contributed by atoms with Crippen LogP contribution in [0.5, 0.6) is 0 Å². The average molecular weight is 313 g/mol. The van der Waals surface area contributed by atoms with Crippen molar-refractivity contribution in [2.24, 2.45) is 0 Å². The van der Waals surface area contributed by atoms with Gasteiger partial charge in [-0.2, -0.15) is 0 Å². The molecule has 0 saturated carbocycles. The molecule has 1 unspecified atom stereocenters. The molecule has 0 aliphatic rings. The molecule has 0 spiro atoms. The van der Waals surface area contributed by atoms with Gasteiger partial charge in [-0.15, -0.1) is 0 Å². The zero-order valence-corrected chi connectivity index (χ0v) is 11.9. The van der Waals surface area contributed by atoms with Crippen molar-refractivity contribution in [3.05, 3.63) is 46.5 Å². The van der Waals surface area contributed by atoms with Crippen LogP contribution in [0.15, 0.2) is 40.9 Å². The van der Waals surface area contributed by atoms with Crippen molar-refractivity contribution in [3.63, 3.8) is 0 Å². The summed E-state index contributed by atoms with van der Waals surface area (Å²) in [5.41, 5.74) is 1.10. The van der Waals surface area contributed by atoms with Crippen LogP contribution >= 0.6 is 15.9 Å². The molecule has 18 heavy (non-hydrogen) atoms. The van der Waals surface area contributed by atoms with E-state index in [0.29, 0.717) is 0 Å². The number of hydrogen-bond donors (Lipinski definition) is 1. The third kappa shape index (κ3) is 5.02. The van der Waals surface area contributed by atoms with Gasteiger partial charge in [-0.25, -0.2) is 4.79 Å². The molecule has 0 fully saturated rings. The van der Waals surface area contributed by atoms with Crippen LogP contribution < -0.4 is 0 Å². The molecule has 0 radical (unpaired) electrons. The quantitative estimate of drug-likeness (QED) is 0.648. The van der Waals surface area contributed by atoms with Crippen LogP contribution in [-0.4, -0.2) is 24.8 Å². The number of carbonyl (C=O) groups excluding carboxylic acids is 1. The molecule has 1 atom stereocenters. The first kappa shape index (κ1) is 14.9. The molecule has 0 saturated heterocycles. The van der Waals surface area contributed by atoms with Crippen molar-refractivity contribution in [2.75, 3.05) is 13.7 Å². The van der Waals surface area contributed by atoms with Gasteiger partial charge in [-0.05, 0) is 30.5 Å². The van der Waals surface area contributed by atoms with Gasteiger partial charge in [0.25, 0.3) is 0 Å². The first-order valence-corrected chi connectivity index (χ1v) is 6.57. The Hall–Kier alpha value is -1.13. The maximum atomic E-state index is 10.9.